The summed E-state index contributed by atoms with van der Waals surface area (Å²) >= 11 is 0. The van der Waals surface area contributed by atoms with Gasteiger partial charge >= 0.3 is 0 Å². The first-order chi connectivity index (χ1) is 13.5. The van der Waals surface area contributed by atoms with Crippen LogP contribution in [0.5, 0.6) is 0 Å². The number of hydrogen-bond donors (Lipinski definition) is 1. The van der Waals surface area contributed by atoms with E-state index in [9.17, 15) is 25.6 Å². The number of anilines is 1. The third-order valence-corrected chi connectivity index (χ3v) is 8.50. The summed E-state index contributed by atoms with van der Waals surface area (Å²) < 4.78 is 81.9. The molecule has 1 fully saturated rings. The van der Waals surface area contributed by atoms with Crippen LogP contribution in [0.3, 0.4) is 0 Å². The van der Waals surface area contributed by atoms with Crippen LogP contribution in [0.25, 0.3) is 0 Å². The molecule has 2 N–H and O–H groups in total. The van der Waals surface area contributed by atoms with Crippen molar-refractivity contribution in [3.63, 3.8) is 0 Å². The van der Waals surface area contributed by atoms with Gasteiger partial charge in [0, 0.05) is 31.9 Å². The van der Waals surface area contributed by atoms with Gasteiger partial charge in [-0.05, 0) is 49.2 Å². The number of sulfonamides is 2. The van der Waals surface area contributed by atoms with Gasteiger partial charge in [0.25, 0.3) is 0 Å². The minimum Gasteiger partial charge on any atom is -0.399 e. The molecule has 29 heavy (non-hydrogen) atoms. The first-order valence-corrected chi connectivity index (χ1v) is 11.7. The summed E-state index contributed by atoms with van der Waals surface area (Å²) in [6.45, 7) is 1.09. The zero-order chi connectivity index (χ0) is 21.4. The number of nitrogens with zero attached hydrogens (tertiary/aromatic N) is 2. The average Bonchev–Trinajstić information content (AvgIpc) is 2.87. The van der Waals surface area contributed by atoms with Crippen LogP contribution in [0.2, 0.25) is 0 Å². The Hall–Kier alpha value is -2.08. The van der Waals surface area contributed by atoms with E-state index in [4.69, 9.17) is 5.73 Å². The Morgan fingerprint density at radius 1 is 0.862 bits per heavy atom. The number of nitrogen functional groups attached to an aromatic ring is 1. The van der Waals surface area contributed by atoms with E-state index in [1.54, 1.807) is 6.07 Å². The number of halogens is 2. The van der Waals surface area contributed by atoms with Gasteiger partial charge in [0.2, 0.25) is 20.0 Å². The van der Waals surface area contributed by atoms with Gasteiger partial charge in [-0.2, -0.15) is 8.61 Å². The number of rotatable bonds is 4. The summed E-state index contributed by atoms with van der Waals surface area (Å²) in [5.74, 6) is -2.34. The quantitative estimate of drug-likeness (QED) is 0.725. The van der Waals surface area contributed by atoms with Crippen LogP contribution in [-0.2, 0) is 20.0 Å². The van der Waals surface area contributed by atoms with Gasteiger partial charge in [-0.15, -0.1) is 0 Å². The van der Waals surface area contributed by atoms with Crippen molar-refractivity contribution >= 4 is 25.7 Å². The average molecular weight is 446 g/mol. The van der Waals surface area contributed by atoms with Gasteiger partial charge in [-0.3, -0.25) is 0 Å². The van der Waals surface area contributed by atoms with E-state index in [1.807, 2.05) is 0 Å². The molecule has 0 atom stereocenters. The van der Waals surface area contributed by atoms with Crippen molar-refractivity contribution in [1.82, 2.24) is 8.61 Å². The van der Waals surface area contributed by atoms with Gasteiger partial charge in [0.15, 0.2) is 4.90 Å². The Morgan fingerprint density at radius 2 is 1.41 bits per heavy atom. The summed E-state index contributed by atoms with van der Waals surface area (Å²) in [5.41, 5.74) is 6.20. The lowest BCUT2D eigenvalue weighted by Crippen LogP contribution is -2.38. The molecule has 0 aromatic heterocycles. The highest BCUT2D eigenvalue weighted by atomic mass is 32.2. The lowest BCUT2D eigenvalue weighted by atomic mass is 10.2. The van der Waals surface area contributed by atoms with Crippen LogP contribution < -0.4 is 5.73 Å². The van der Waals surface area contributed by atoms with Crippen LogP contribution >= 0.6 is 0 Å². The summed E-state index contributed by atoms with van der Waals surface area (Å²) in [6.07, 6.45) is 0.176. The molecule has 0 unspecified atom stereocenters. The fourth-order valence-electron chi connectivity index (χ4n) is 3.24. The minimum atomic E-state index is -4.46. The highest BCUT2D eigenvalue weighted by Crippen LogP contribution is 2.26. The van der Waals surface area contributed by atoms with E-state index >= 15 is 0 Å². The second-order valence-corrected chi connectivity index (χ2v) is 10.6. The molecule has 2 aromatic rings. The van der Waals surface area contributed by atoms with Crippen molar-refractivity contribution in [3.8, 4) is 0 Å². The van der Waals surface area contributed by atoms with E-state index in [2.05, 4.69) is 0 Å². The van der Waals surface area contributed by atoms with Crippen LogP contribution in [0.1, 0.15) is 12.0 Å². The van der Waals surface area contributed by atoms with Crippen molar-refractivity contribution in [2.75, 3.05) is 31.9 Å². The van der Waals surface area contributed by atoms with E-state index in [0.717, 1.165) is 20.7 Å². The lowest BCUT2D eigenvalue weighted by Gasteiger charge is -2.22. The Balaban J connectivity index is 1.87. The lowest BCUT2D eigenvalue weighted by molar-refractivity contribution is 0.399. The smallest absolute Gasteiger partial charge is 0.248 e. The van der Waals surface area contributed by atoms with Gasteiger partial charge < -0.3 is 5.73 Å². The summed E-state index contributed by atoms with van der Waals surface area (Å²) in [6, 6.07) is 7.70. The number of aryl methyl sites for hydroxylation is 1. The molecule has 1 heterocycles. The van der Waals surface area contributed by atoms with Crippen molar-refractivity contribution in [1.29, 1.82) is 0 Å². The van der Waals surface area contributed by atoms with Crippen LogP contribution in [0, 0.1) is 18.6 Å². The normalized spacial score (nSPS) is 17.2. The highest BCUT2D eigenvalue weighted by molar-refractivity contribution is 7.89. The molecule has 2 aromatic carbocycles. The minimum absolute atomic E-state index is 0.00410. The molecule has 7 nitrogen and oxygen atoms in total. The maximum absolute atomic E-state index is 14.2. The predicted molar refractivity (Wildman–Crippen MR) is 104 cm³/mol. The number of benzene rings is 2. The summed E-state index contributed by atoms with van der Waals surface area (Å²) in [7, 11) is -8.34. The van der Waals surface area contributed by atoms with Crippen molar-refractivity contribution in [2.24, 2.45) is 0 Å². The van der Waals surface area contributed by atoms with Gasteiger partial charge in [-0.25, -0.2) is 25.6 Å². The second-order valence-electron chi connectivity index (χ2n) is 6.79. The van der Waals surface area contributed by atoms with E-state index in [-0.39, 0.29) is 48.7 Å². The first-order valence-electron chi connectivity index (χ1n) is 8.85. The molecule has 0 bridgehead atoms. The van der Waals surface area contributed by atoms with Crippen LogP contribution in [0.4, 0.5) is 14.5 Å². The molecular formula is C18H21F2N3O4S2. The number of nitrogens with two attached hydrogens (primary N) is 1. The molecule has 1 aliphatic heterocycles. The third-order valence-electron chi connectivity index (χ3n) is 4.65. The van der Waals surface area contributed by atoms with E-state index in [0.29, 0.717) is 0 Å². The highest BCUT2D eigenvalue weighted by Gasteiger charge is 2.34. The zero-order valence-corrected chi connectivity index (χ0v) is 17.3. The zero-order valence-electron chi connectivity index (χ0n) is 15.7. The Morgan fingerprint density at radius 3 is 1.97 bits per heavy atom. The molecule has 3 rings (SSSR count). The molecule has 0 saturated carbocycles. The van der Waals surface area contributed by atoms with Crippen LogP contribution in [0.15, 0.2) is 46.2 Å². The maximum Gasteiger partial charge on any atom is 0.248 e. The molecule has 158 valence electrons. The van der Waals surface area contributed by atoms with Crippen LogP contribution in [-0.4, -0.2) is 51.6 Å². The van der Waals surface area contributed by atoms with E-state index < -0.39 is 36.6 Å². The largest absolute Gasteiger partial charge is 0.399 e. The second kappa shape index (κ2) is 7.98. The summed E-state index contributed by atoms with van der Waals surface area (Å²) in [4.78, 5) is -1.01. The maximum atomic E-state index is 14.2. The first kappa shape index (κ1) is 21.6. The topological polar surface area (TPSA) is 101 Å². The SMILES string of the molecule is Cc1cc(F)c(S(=O)(=O)N2CCCN(S(=O)(=O)c3cccc(N)c3)CC2)c(F)c1. The van der Waals surface area contributed by atoms with Gasteiger partial charge in [0.1, 0.15) is 11.6 Å². The molecular weight excluding hydrogens is 424 g/mol. The Kier molecular flexibility index (Phi) is 5.95. The third kappa shape index (κ3) is 4.27. The fourth-order valence-corrected chi connectivity index (χ4v) is 6.32. The van der Waals surface area contributed by atoms with Gasteiger partial charge in [0.05, 0.1) is 4.90 Å². The van der Waals surface area contributed by atoms with Crippen molar-refractivity contribution in [3.05, 3.63) is 53.6 Å². The van der Waals surface area contributed by atoms with Crippen molar-refractivity contribution < 1.29 is 25.6 Å². The Bertz CT molecular complexity index is 1110. The monoisotopic (exact) mass is 445 g/mol. The molecule has 0 spiro atoms. The Labute approximate surface area is 168 Å². The van der Waals surface area contributed by atoms with Crippen molar-refractivity contribution in [2.45, 2.75) is 23.1 Å². The predicted octanol–water partition coefficient (Wildman–Crippen LogP) is 1.94. The fraction of sp³-hybridized carbons (Fsp3) is 0.333. The number of hydrogen-bond acceptors (Lipinski definition) is 5. The van der Waals surface area contributed by atoms with Gasteiger partial charge in [-0.1, -0.05) is 6.07 Å². The molecule has 0 amide bonds. The molecule has 11 heteroatoms. The van der Waals surface area contributed by atoms with E-state index in [1.165, 1.54) is 25.1 Å². The molecule has 0 radical (unpaired) electrons. The molecule has 1 saturated heterocycles. The molecule has 1 aliphatic rings. The standard InChI is InChI=1S/C18H21F2N3O4S2/c1-13-10-16(19)18(17(20)11-13)29(26,27)23-7-3-6-22(8-9-23)28(24,25)15-5-2-4-14(21)12-15/h2,4-5,10-12H,3,6-9,21H2,1H3. The molecule has 0 aliphatic carbocycles. The summed E-state index contributed by atoms with van der Waals surface area (Å²) in [5, 5.41) is 0.